The van der Waals surface area contributed by atoms with Gasteiger partial charge in [0.15, 0.2) is 11.5 Å². The Morgan fingerprint density at radius 2 is 1.85 bits per heavy atom. The molecule has 2 aromatic rings. The lowest BCUT2D eigenvalue weighted by molar-refractivity contribution is -0.127. The molecule has 0 unspecified atom stereocenters. The summed E-state index contributed by atoms with van der Waals surface area (Å²) >= 11 is 6.07. The second-order valence-electron chi connectivity index (χ2n) is 7.48. The fourth-order valence-electron chi connectivity index (χ4n) is 3.44. The predicted octanol–water partition coefficient (Wildman–Crippen LogP) is 4.14. The summed E-state index contributed by atoms with van der Waals surface area (Å²) in [6, 6.07) is 11.5. The van der Waals surface area contributed by atoms with Gasteiger partial charge in [-0.2, -0.15) is 8.78 Å². The van der Waals surface area contributed by atoms with Crippen molar-refractivity contribution in [2.24, 2.45) is 0 Å². The highest BCUT2D eigenvalue weighted by molar-refractivity contribution is 6.33. The van der Waals surface area contributed by atoms with Crippen LogP contribution in [0.4, 0.5) is 14.5 Å². The number of carbonyl (C=O) groups excluding carboxylic acids is 2. The van der Waals surface area contributed by atoms with E-state index in [1.165, 1.54) is 12.1 Å². The highest BCUT2D eigenvalue weighted by Gasteiger charge is 2.21. The molecule has 2 amide bonds. The van der Waals surface area contributed by atoms with Gasteiger partial charge in [-0.15, -0.1) is 0 Å². The summed E-state index contributed by atoms with van der Waals surface area (Å²) < 4.78 is 34.9. The molecule has 0 spiro atoms. The van der Waals surface area contributed by atoms with E-state index in [0.29, 0.717) is 42.5 Å². The number of hydrogen-bond donors (Lipinski definition) is 1. The zero-order valence-electron chi connectivity index (χ0n) is 18.7. The van der Waals surface area contributed by atoms with E-state index in [1.807, 2.05) is 4.90 Å². The van der Waals surface area contributed by atoms with Crippen molar-refractivity contribution in [1.29, 1.82) is 0 Å². The molecule has 1 aliphatic heterocycles. The van der Waals surface area contributed by atoms with Crippen molar-refractivity contribution in [1.82, 2.24) is 9.80 Å². The molecule has 1 heterocycles. The Hall–Kier alpha value is -3.17. The SMILES string of the molecule is CCOc1cc(/C=C/C(=O)N2CCN(CC(=O)Nc3ccccc3Cl)CC2)ccc1OC(F)F. The Morgan fingerprint density at radius 1 is 1.12 bits per heavy atom. The lowest BCUT2D eigenvalue weighted by Crippen LogP contribution is -2.50. The lowest BCUT2D eigenvalue weighted by atomic mass is 10.2. The summed E-state index contributed by atoms with van der Waals surface area (Å²) in [5.41, 5.74) is 1.18. The molecule has 0 bridgehead atoms. The van der Waals surface area contributed by atoms with Crippen LogP contribution in [0.5, 0.6) is 11.5 Å². The molecule has 182 valence electrons. The summed E-state index contributed by atoms with van der Waals surface area (Å²) in [6.07, 6.45) is 3.03. The van der Waals surface area contributed by atoms with Gasteiger partial charge < -0.3 is 19.7 Å². The Kier molecular flexibility index (Phi) is 9.24. The van der Waals surface area contributed by atoms with Crippen LogP contribution in [0.25, 0.3) is 6.08 Å². The fourth-order valence-corrected chi connectivity index (χ4v) is 3.63. The first kappa shape index (κ1) is 25.5. The van der Waals surface area contributed by atoms with E-state index < -0.39 is 6.61 Å². The molecule has 1 N–H and O–H groups in total. The molecular weight excluding hydrogens is 468 g/mol. The standard InChI is InChI=1S/C24H26ClF2N3O4/c1-2-33-21-15-17(7-9-20(21)34-24(26)27)8-10-23(32)30-13-11-29(12-14-30)16-22(31)28-19-6-4-3-5-18(19)25/h3-10,15,24H,2,11-14,16H2,1H3,(H,28,31)/b10-8+. The average Bonchev–Trinajstić information content (AvgIpc) is 2.81. The third-order valence-corrected chi connectivity index (χ3v) is 5.43. The molecule has 10 heteroatoms. The first-order valence-electron chi connectivity index (χ1n) is 10.8. The monoisotopic (exact) mass is 493 g/mol. The topological polar surface area (TPSA) is 71.1 Å². The minimum Gasteiger partial charge on any atom is -0.490 e. The van der Waals surface area contributed by atoms with Crippen molar-refractivity contribution in [2.45, 2.75) is 13.5 Å². The molecule has 3 rings (SSSR count). The van der Waals surface area contributed by atoms with Crippen LogP contribution in [0.15, 0.2) is 48.5 Å². The molecule has 1 saturated heterocycles. The number of amides is 2. The number of benzene rings is 2. The summed E-state index contributed by atoms with van der Waals surface area (Å²) in [7, 11) is 0. The van der Waals surface area contributed by atoms with Gasteiger partial charge in [0, 0.05) is 32.3 Å². The van der Waals surface area contributed by atoms with E-state index in [2.05, 4.69) is 10.1 Å². The number of halogens is 3. The molecule has 0 aliphatic carbocycles. The Balaban J connectivity index is 1.50. The molecule has 2 aromatic carbocycles. The van der Waals surface area contributed by atoms with Crippen LogP contribution in [-0.2, 0) is 9.59 Å². The minimum atomic E-state index is -2.96. The van der Waals surface area contributed by atoms with Gasteiger partial charge >= 0.3 is 6.61 Å². The molecule has 0 radical (unpaired) electrons. The Labute approximate surface area is 201 Å². The van der Waals surface area contributed by atoms with Crippen LogP contribution in [-0.4, -0.2) is 67.6 Å². The number of rotatable bonds is 9. The van der Waals surface area contributed by atoms with E-state index in [-0.39, 0.29) is 36.5 Å². The van der Waals surface area contributed by atoms with Crippen LogP contribution in [0.3, 0.4) is 0 Å². The predicted molar refractivity (Wildman–Crippen MR) is 126 cm³/mol. The van der Waals surface area contributed by atoms with Crippen LogP contribution >= 0.6 is 11.6 Å². The number of carbonyl (C=O) groups is 2. The molecule has 0 atom stereocenters. The second-order valence-corrected chi connectivity index (χ2v) is 7.89. The number of piperazine rings is 1. The van der Waals surface area contributed by atoms with E-state index in [1.54, 1.807) is 54.3 Å². The molecule has 1 fully saturated rings. The molecule has 1 aliphatic rings. The van der Waals surface area contributed by atoms with Crippen LogP contribution in [0.1, 0.15) is 12.5 Å². The Bertz CT molecular complexity index is 1030. The minimum absolute atomic E-state index is 0.0602. The van der Waals surface area contributed by atoms with Crippen molar-refractivity contribution in [3.8, 4) is 11.5 Å². The molecular formula is C24H26ClF2N3O4. The molecule has 0 aromatic heterocycles. The first-order valence-corrected chi connectivity index (χ1v) is 11.2. The molecule has 0 saturated carbocycles. The summed E-state index contributed by atoms with van der Waals surface area (Å²) in [5.74, 6) is -0.223. The van der Waals surface area contributed by atoms with E-state index in [4.69, 9.17) is 16.3 Å². The number of ether oxygens (including phenoxy) is 2. The van der Waals surface area contributed by atoms with Gasteiger partial charge in [0.1, 0.15) is 0 Å². The third-order valence-electron chi connectivity index (χ3n) is 5.10. The van der Waals surface area contributed by atoms with Gasteiger partial charge in [0.2, 0.25) is 11.8 Å². The number of alkyl halides is 2. The quantitative estimate of drug-likeness (QED) is 0.532. The van der Waals surface area contributed by atoms with Gasteiger partial charge in [-0.25, -0.2) is 0 Å². The van der Waals surface area contributed by atoms with Gasteiger partial charge in [-0.1, -0.05) is 29.8 Å². The summed E-state index contributed by atoms with van der Waals surface area (Å²) in [6.45, 7) is 1.35. The van der Waals surface area contributed by atoms with Crippen LogP contribution in [0.2, 0.25) is 5.02 Å². The maximum atomic E-state index is 12.6. The van der Waals surface area contributed by atoms with E-state index >= 15 is 0 Å². The Morgan fingerprint density at radius 3 is 2.53 bits per heavy atom. The van der Waals surface area contributed by atoms with E-state index in [9.17, 15) is 18.4 Å². The molecule has 7 nitrogen and oxygen atoms in total. The van der Waals surface area contributed by atoms with Gasteiger partial charge in [0.25, 0.3) is 0 Å². The van der Waals surface area contributed by atoms with Crippen LogP contribution < -0.4 is 14.8 Å². The van der Waals surface area contributed by atoms with Crippen molar-refractivity contribution in [3.05, 3.63) is 59.1 Å². The number of anilines is 1. The average molecular weight is 494 g/mol. The third kappa shape index (κ3) is 7.43. The number of nitrogens with zero attached hydrogens (tertiary/aromatic N) is 2. The van der Waals surface area contributed by atoms with Crippen molar-refractivity contribution in [2.75, 3.05) is 44.6 Å². The van der Waals surface area contributed by atoms with Crippen molar-refractivity contribution in [3.63, 3.8) is 0 Å². The smallest absolute Gasteiger partial charge is 0.387 e. The maximum absolute atomic E-state index is 12.6. The number of nitrogens with one attached hydrogen (secondary N) is 1. The normalized spacial score (nSPS) is 14.4. The number of para-hydroxylation sites is 1. The van der Waals surface area contributed by atoms with Crippen molar-refractivity contribution < 1.29 is 27.8 Å². The molecule has 34 heavy (non-hydrogen) atoms. The van der Waals surface area contributed by atoms with Gasteiger partial charge in [-0.05, 0) is 42.8 Å². The van der Waals surface area contributed by atoms with Gasteiger partial charge in [-0.3, -0.25) is 14.5 Å². The first-order chi connectivity index (χ1) is 16.4. The summed E-state index contributed by atoms with van der Waals surface area (Å²) in [5, 5.41) is 3.27. The summed E-state index contributed by atoms with van der Waals surface area (Å²) in [4.78, 5) is 28.5. The highest BCUT2D eigenvalue weighted by Crippen LogP contribution is 2.30. The fraction of sp³-hybridized carbons (Fsp3) is 0.333. The van der Waals surface area contributed by atoms with Crippen molar-refractivity contribution >= 4 is 35.2 Å². The maximum Gasteiger partial charge on any atom is 0.387 e. The van der Waals surface area contributed by atoms with E-state index in [0.717, 1.165) is 0 Å². The highest BCUT2D eigenvalue weighted by atomic mass is 35.5. The van der Waals surface area contributed by atoms with Gasteiger partial charge in [0.05, 0.1) is 23.9 Å². The van der Waals surface area contributed by atoms with Crippen LogP contribution in [0, 0.1) is 0 Å². The lowest BCUT2D eigenvalue weighted by Gasteiger charge is -2.33. The second kappa shape index (κ2) is 12.3. The zero-order chi connectivity index (χ0) is 24.5. The number of hydrogen-bond acceptors (Lipinski definition) is 5. The largest absolute Gasteiger partial charge is 0.490 e. The zero-order valence-corrected chi connectivity index (χ0v) is 19.4.